The molecule has 1 atom stereocenters. The number of likely N-dealkylation sites (N-methyl/N-ethyl adjacent to an activating group) is 1. The molecule has 0 saturated carbocycles. The lowest BCUT2D eigenvalue weighted by molar-refractivity contribution is 0.0646. The second kappa shape index (κ2) is 9.11. The van der Waals surface area contributed by atoms with Crippen LogP contribution in [-0.4, -0.2) is 56.0 Å². The Morgan fingerprint density at radius 3 is 2.93 bits per heavy atom. The van der Waals surface area contributed by atoms with Gasteiger partial charge in [-0.15, -0.1) is 0 Å². The molecule has 1 saturated heterocycles. The highest BCUT2D eigenvalue weighted by molar-refractivity contribution is 5.67. The molecule has 4 rings (SSSR count). The van der Waals surface area contributed by atoms with Gasteiger partial charge in [0.05, 0.1) is 25.0 Å². The maximum Gasteiger partial charge on any atom is 0.197 e. The third kappa shape index (κ3) is 4.89. The first-order valence-electron chi connectivity index (χ1n) is 10.4. The van der Waals surface area contributed by atoms with Crippen molar-refractivity contribution in [2.75, 3.05) is 40.5 Å². The van der Waals surface area contributed by atoms with Gasteiger partial charge in [0.15, 0.2) is 11.3 Å². The molecule has 6 nitrogen and oxygen atoms in total. The van der Waals surface area contributed by atoms with Crippen molar-refractivity contribution in [2.24, 2.45) is 0 Å². The van der Waals surface area contributed by atoms with E-state index in [0.29, 0.717) is 25.7 Å². The van der Waals surface area contributed by atoms with Gasteiger partial charge in [0.1, 0.15) is 6.61 Å². The summed E-state index contributed by atoms with van der Waals surface area (Å²) in [6.45, 7) is 4.34. The molecule has 0 bridgehead atoms. The summed E-state index contributed by atoms with van der Waals surface area (Å²) < 4.78 is 19.5. The topological polar surface area (TPSA) is 52.9 Å². The Bertz CT molecular complexity index is 900. The average molecular weight is 399 g/mol. The molecular weight excluding hydrogens is 368 g/mol. The first kappa shape index (κ1) is 20.1. The van der Waals surface area contributed by atoms with Gasteiger partial charge in [-0.3, -0.25) is 4.79 Å². The van der Waals surface area contributed by atoms with E-state index in [2.05, 4.69) is 27.7 Å². The maximum atomic E-state index is 12.3. The van der Waals surface area contributed by atoms with Gasteiger partial charge in [-0.2, -0.15) is 0 Å². The van der Waals surface area contributed by atoms with E-state index >= 15 is 0 Å². The molecule has 1 aromatic heterocycles. The summed E-state index contributed by atoms with van der Waals surface area (Å²) in [6.07, 6.45) is 3.14. The molecule has 6 heteroatoms. The molecule has 2 aliphatic rings. The molecule has 2 aliphatic heterocycles. The highest BCUT2D eigenvalue weighted by atomic mass is 16.5. The van der Waals surface area contributed by atoms with Crippen molar-refractivity contribution in [1.29, 1.82) is 0 Å². The molecule has 2 aromatic rings. The molecule has 156 valence electrons. The summed E-state index contributed by atoms with van der Waals surface area (Å²) in [6, 6.07) is 9.71. The first-order valence-corrected chi connectivity index (χ1v) is 10.4. The molecule has 0 N–H and O–H groups in total. The van der Waals surface area contributed by atoms with Crippen molar-refractivity contribution >= 4 is 0 Å². The van der Waals surface area contributed by atoms with Crippen LogP contribution in [0.5, 0.6) is 5.88 Å². The number of ether oxygens (including phenoxy) is 3. The van der Waals surface area contributed by atoms with E-state index in [1.54, 1.807) is 12.1 Å². The Kier molecular flexibility index (Phi) is 6.33. The Hall–Kier alpha value is -2.15. The molecule has 1 unspecified atom stereocenters. The van der Waals surface area contributed by atoms with Crippen molar-refractivity contribution in [1.82, 2.24) is 9.47 Å². The second-order valence-electron chi connectivity index (χ2n) is 8.11. The number of aryl methyl sites for hydroxylation is 1. The Morgan fingerprint density at radius 1 is 1.24 bits per heavy atom. The minimum Gasteiger partial charge on any atom is -0.476 e. The van der Waals surface area contributed by atoms with Gasteiger partial charge in [-0.1, -0.05) is 18.2 Å². The monoisotopic (exact) mass is 398 g/mol. The number of nitrogens with zero attached hydrogens (tertiary/aromatic N) is 2. The van der Waals surface area contributed by atoms with E-state index < -0.39 is 0 Å². The third-order valence-electron chi connectivity index (χ3n) is 5.54. The predicted molar refractivity (Wildman–Crippen MR) is 113 cm³/mol. The molecule has 1 fully saturated rings. The van der Waals surface area contributed by atoms with Gasteiger partial charge in [0.2, 0.25) is 0 Å². The number of fused-ring (bicyclic) bond motifs is 3. The van der Waals surface area contributed by atoms with E-state index in [4.69, 9.17) is 14.2 Å². The summed E-state index contributed by atoms with van der Waals surface area (Å²) in [7, 11) is 4.08. The normalized spacial score (nSPS) is 18.0. The van der Waals surface area contributed by atoms with Gasteiger partial charge in [-0.05, 0) is 44.5 Å². The van der Waals surface area contributed by atoms with Crippen LogP contribution in [0.1, 0.15) is 24.0 Å². The fourth-order valence-corrected chi connectivity index (χ4v) is 3.96. The van der Waals surface area contributed by atoms with E-state index in [1.807, 2.05) is 14.1 Å². The molecule has 1 aromatic carbocycles. The van der Waals surface area contributed by atoms with Crippen LogP contribution < -0.4 is 10.2 Å². The summed E-state index contributed by atoms with van der Waals surface area (Å²) in [4.78, 5) is 14.4. The van der Waals surface area contributed by atoms with Gasteiger partial charge >= 0.3 is 0 Å². The van der Waals surface area contributed by atoms with Gasteiger partial charge in [0.25, 0.3) is 0 Å². The van der Waals surface area contributed by atoms with E-state index in [1.165, 1.54) is 11.1 Å². The molecule has 0 spiro atoms. The van der Waals surface area contributed by atoms with Crippen molar-refractivity contribution in [2.45, 2.75) is 38.5 Å². The maximum absolute atomic E-state index is 12.3. The Balaban J connectivity index is 1.50. The summed E-state index contributed by atoms with van der Waals surface area (Å²) in [5.41, 5.74) is 4.44. The van der Waals surface area contributed by atoms with Crippen LogP contribution in [0.2, 0.25) is 0 Å². The predicted octanol–water partition coefficient (Wildman–Crippen LogP) is 2.71. The molecule has 0 aliphatic carbocycles. The highest BCUT2D eigenvalue weighted by Gasteiger charge is 2.21. The largest absolute Gasteiger partial charge is 0.476 e. The molecule has 0 amide bonds. The zero-order valence-corrected chi connectivity index (χ0v) is 17.4. The summed E-state index contributed by atoms with van der Waals surface area (Å²) in [5.74, 6) is 0.643. The highest BCUT2D eigenvalue weighted by Crippen LogP contribution is 2.32. The van der Waals surface area contributed by atoms with E-state index in [0.717, 1.165) is 50.2 Å². The van der Waals surface area contributed by atoms with Crippen LogP contribution in [0.4, 0.5) is 0 Å². The number of hydrogen-bond donors (Lipinski definition) is 0. The van der Waals surface area contributed by atoms with Crippen LogP contribution in [-0.2, 0) is 29.0 Å². The van der Waals surface area contributed by atoms with Gasteiger partial charge in [-0.25, -0.2) is 0 Å². The SMILES string of the molecule is CN(C)CCOCc1ccc2c(c1)CCn1c(OCC3CCCO3)cc(=O)cc1-2. The zero-order chi connectivity index (χ0) is 20.2. The van der Waals surface area contributed by atoms with Crippen LogP contribution in [0.25, 0.3) is 11.3 Å². The minimum atomic E-state index is -0.0254. The first-order chi connectivity index (χ1) is 14.1. The summed E-state index contributed by atoms with van der Waals surface area (Å²) in [5, 5.41) is 0. The van der Waals surface area contributed by atoms with Gasteiger partial charge < -0.3 is 23.7 Å². The van der Waals surface area contributed by atoms with Crippen molar-refractivity contribution in [3.05, 3.63) is 51.7 Å². The molecular formula is C23H30N2O4. The van der Waals surface area contributed by atoms with Crippen molar-refractivity contribution in [3.63, 3.8) is 0 Å². The number of benzene rings is 1. The lowest BCUT2D eigenvalue weighted by Crippen LogP contribution is -2.23. The lowest BCUT2D eigenvalue weighted by Gasteiger charge is -2.26. The van der Waals surface area contributed by atoms with E-state index in [9.17, 15) is 4.79 Å². The van der Waals surface area contributed by atoms with Crippen molar-refractivity contribution in [3.8, 4) is 17.1 Å². The van der Waals surface area contributed by atoms with Crippen LogP contribution in [0.15, 0.2) is 35.1 Å². The minimum absolute atomic E-state index is 0.0254. The fraction of sp³-hybridized carbons (Fsp3) is 0.522. The molecule has 29 heavy (non-hydrogen) atoms. The summed E-state index contributed by atoms with van der Waals surface area (Å²) >= 11 is 0. The number of pyridine rings is 1. The quantitative estimate of drug-likeness (QED) is 0.640. The standard InChI is InChI=1S/C23H30N2O4/c1-24(2)9-11-27-15-17-5-6-21-18(12-17)7-8-25-22(21)13-19(26)14-23(25)29-16-20-4-3-10-28-20/h5-6,12-14,20H,3-4,7-11,15-16H2,1-2H3. The average Bonchev–Trinajstić information content (AvgIpc) is 3.22. The third-order valence-corrected chi connectivity index (χ3v) is 5.54. The molecule has 3 heterocycles. The lowest BCUT2D eigenvalue weighted by atomic mass is 9.95. The number of rotatable bonds is 8. The molecule has 0 radical (unpaired) electrons. The second-order valence-corrected chi connectivity index (χ2v) is 8.11. The zero-order valence-electron chi connectivity index (χ0n) is 17.4. The fourth-order valence-electron chi connectivity index (χ4n) is 3.96. The van der Waals surface area contributed by atoms with Crippen LogP contribution >= 0.6 is 0 Å². The number of hydrogen-bond acceptors (Lipinski definition) is 5. The number of aromatic nitrogens is 1. The van der Waals surface area contributed by atoms with Gasteiger partial charge in [0, 0.05) is 37.4 Å². The van der Waals surface area contributed by atoms with Crippen molar-refractivity contribution < 1.29 is 14.2 Å². The van der Waals surface area contributed by atoms with Crippen LogP contribution in [0.3, 0.4) is 0 Å². The Morgan fingerprint density at radius 2 is 2.14 bits per heavy atom. The smallest absolute Gasteiger partial charge is 0.197 e. The van der Waals surface area contributed by atoms with Crippen LogP contribution in [0, 0.1) is 0 Å². The Labute approximate surface area is 172 Å². The van der Waals surface area contributed by atoms with E-state index in [-0.39, 0.29) is 11.5 Å².